The largest absolute Gasteiger partial charge is 0.361 e. The number of pyridine rings is 2. The van der Waals surface area contributed by atoms with Crippen molar-refractivity contribution in [3.8, 4) is 11.4 Å². The molecule has 130 valence electrons. The zero-order valence-electron chi connectivity index (χ0n) is 13.2. The first-order chi connectivity index (χ1) is 12.1. The van der Waals surface area contributed by atoms with Gasteiger partial charge in [0, 0.05) is 18.8 Å². The summed E-state index contributed by atoms with van der Waals surface area (Å²) in [5, 5.41) is 5.80. The summed E-state index contributed by atoms with van der Waals surface area (Å²) in [5.41, 5.74) is 0.981. The number of aromatic nitrogens is 3. The van der Waals surface area contributed by atoms with Crippen LogP contribution < -0.4 is 10.6 Å². The van der Waals surface area contributed by atoms with Crippen molar-refractivity contribution in [1.82, 2.24) is 19.7 Å². The molecule has 4 heterocycles. The Hall–Kier alpha value is -2.61. The van der Waals surface area contributed by atoms with Gasteiger partial charge in [-0.15, -0.1) is 0 Å². The van der Waals surface area contributed by atoms with Gasteiger partial charge in [-0.05, 0) is 25.1 Å². The molecule has 0 radical (unpaired) electrons. The maximum Gasteiger partial charge on any atom is 0.168 e. The van der Waals surface area contributed by atoms with Crippen LogP contribution in [-0.4, -0.2) is 39.7 Å². The molecule has 0 aromatic carbocycles. The normalized spacial score (nSPS) is 20.8. The lowest BCUT2D eigenvalue weighted by Gasteiger charge is -2.28. The van der Waals surface area contributed by atoms with Gasteiger partial charge in [0.05, 0.1) is 17.9 Å². The number of hydrogen-bond acceptors (Lipinski definition) is 4. The summed E-state index contributed by atoms with van der Waals surface area (Å²) in [6.07, 6.45) is 2.41. The molecule has 1 saturated heterocycles. The number of imidazole rings is 1. The third-order valence-corrected chi connectivity index (χ3v) is 4.31. The highest BCUT2D eigenvalue weighted by Crippen LogP contribution is 2.26. The highest BCUT2D eigenvalue weighted by atomic mass is 19.1. The maximum absolute atomic E-state index is 14.3. The van der Waals surface area contributed by atoms with E-state index in [9.17, 15) is 13.2 Å². The van der Waals surface area contributed by atoms with Crippen molar-refractivity contribution >= 4 is 11.5 Å². The Kier molecular flexibility index (Phi) is 4.04. The zero-order chi connectivity index (χ0) is 17.4. The highest BCUT2D eigenvalue weighted by molar-refractivity contribution is 5.63. The summed E-state index contributed by atoms with van der Waals surface area (Å²) >= 11 is 0. The number of alkyl halides is 1. The second kappa shape index (κ2) is 6.36. The second-order valence-electron chi connectivity index (χ2n) is 5.98. The Morgan fingerprint density at radius 3 is 2.96 bits per heavy atom. The van der Waals surface area contributed by atoms with E-state index < -0.39 is 23.8 Å². The summed E-state index contributed by atoms with van der Waals surface area (Å²) in [5.74, 6) is -1.82. The van der Waals surface area contributed by atoms with Crippen molar-refractivity contribution in [1.29, 1.82) is 0 Å². The molecule has 5 nitrogen and oxygen atoms in total. The maximum atomic E-state index is 14.3. The summed E-state index contributed by atoms with van der Waals surface area (Å²) < 4.78 is 44.1. The molecular weight excluding hydrogens is 331 g/mol. The number of nitrogens with one attached hydrogen (secondary N) is 2. The fraction of sp³-hybridized carbons (Fsp3) is 0.294. The van der Waals surface area contributed by atoms with Gasteiger partial charge in [0.1, 0.15) is 17.5 Å². The Balaban J connectivity index is 1.74. The van der Waals surface area contributed by atoms with Crippen molar-refractivity contribution in [2.75, 3.05) is 18.4 Å². The number of piperidine rings is 1. The van der Waals surface area contributed by atoms with Crippen molar-refractivity contribution in [3.63, 3.8) is 0 Å². The van der Waals surface area contributed by atoms with Crippen LogP contribution in [0.15, 0.2) is 36.7 Å². The molecule has 0 unspecified atom stereocenters. The van der Waals surface area contributed by atoms with Crippen LogP contribution >= 0.6 is 0 Å². The van der Waals surface area contributed by atoms with Crippen LogP contribution in [0.5, 0.6) is 0 Å². The van der Waals surface area contributed by atoms with Gasteiger partial charge in [-0.1, -0.05) is 6.07 Å². The molecule has 0 aliphatic carbocycles. The standard InChI is InChI=1S/C17H16F3N5/c18-10-4-5-21-8-13(10)23-17-12(20)7-11(19)16(24-17)14-9-22-15-3-1-2-6-25(14)15/h1-3,6-7,9-10,13,21H,4-5,8H2,(H,23,24)/t10-,13-/m1/s1. The summed E-state index contributed by atoms with van der Waals surface area (Å²) in [6.45, 7) is 0.927. The van der Waals surface area contributed by atoms with E-state index in [1.165, 1.54) is 6.20 Å². The van der Waals surface area contributed by atoms with Crippen molar-refractivity contribution < 1.29 is 13.2 Å². The van der Waals surface area contributed by atoms with Crippen LogP contribution in [0, 0.1) is 11.6 Å². The van der Waals surface area contributed by atoms with Crippen LogP contribution in [0.1, 0.15) is 6.42 Å². The van der Waals surface area contributed by atoms with E-state index >= 15 is 0 Å². The molecule has 0 saturated carbocycles. The smallest absolute Gasteiger partial charge is 0.168 e. The van der Waals surface area contributed by atoms with Crippen LogP contribution in [0.3, 0.4) is 0 Å². The average Bonchev–Trinajstić information content (AvgIpc) is 3.03. The minimum atomic E-state index is -1.12. The quantitative estimate of drug-likeness (QED) is 0.765. The molecular formula is C17H16F3N5. The van der Waals surface area contributed by atoms with E-state index in [1.807, 2.05) is 6.07 Å². The fourth-order valence-electron chi connectivity index (χ4n) is 3.00. The molecule has 1 fully saturated rings. The predicted molar refractivity (Wildman–Crippen MR) is 88.1 cm³/mol. The van der Waals surface area contributed by atoms with Crippen LogP contribution in [0.4, 0.5) is 19.0 Å². The van der Waals surface area contributed by atoms with Gasteiger partial charge in [0.15, 0.2) is 17.5 Å². The molecule has 3 aromatic rings. The first kappa shape index (κ1) is 15.9. The van der Waals surface area contributed by atoms with Crippen molar-refractivity contribution in [2.24, 2.45) is 0 Å². The number of fused-ring (bicyclic) bond motifs is 1. The molecule has 25 heavy (non-hydrogen) atoms. The first-order valence-electron chi connectivity index (χ1n) is 8.03. The Morgan fingerprint density at radius 1 is 1.24 bits per heavy atom. The summed E-state index contributed by atoms with van der Waals surface area (Å²) in [7, 11) is 0. The Morgan fingerprint density at radius 2 is 2.12 bits per heavy atom. The number of nitrogens with zero attached hydrogens (tertiary/aromatic N) is 3. The Bertz CT molecular complexity index is 910. The number of halogens is 3. The Labute approximate surface area is 141 Å². The van der Waals surface area contributed by atoms with Crippen LogP contribution in [0.2, 0.25) is 0 Å². The monoisotopic (exact) mass is 347 g/mol. The van der Waals surface area contributed by atoms with Crippen molar-refractivity contribution in [3.05, 3.63) is 48.3 Å². The first-order valence-corrected chi connectivity index (χ1v) is 8.03. The highest BCUT2D eigenvalue weighted by Gasteiger charge is 2.26. The van der Waals surface area contributed by atoms with E-state index in [-0.39, 0.29) is 11.5 Å². The molecule has 2 atom stereocenters. The molecule has 4 rings (SSSR count). The van der Waals surface area contributed by atoms with E-state index in [4.69, 9.17) is 0 Å². The predicted octanol–water partition coefficient (Wildman–Crippen LogP) is 2.79. The van der Waals surface area contributed by atoms with E-state index in [1.54, 1.807) is 22.7 Å². The lowest BCUT2D eigenvalue weighted by Crippen LogP contribution is -2.46. The third-order valence-electron chi connectivity index (χ3n) is 4.31. The average molecular weight is 347 g/mol. The topological polar surface area (TPSA) is 54.2 Å². The molecule has 3 aromatic heterocycles. The van der Waals surface area contributed by atoms with E-state index in [2.05, 4.69) is 20.6 Å². The van der Waals surface area contributed by atoms with Gasteiger partial charge in [0.25, 0.3) is 0 Å². The van der Waals surface area contributed by atoms with Gasteiger partial charge in [-0.2, -0.15) is 0 Å². The number of anilines is 1. The van der Waals surface area contributed by atoms with Gasteiger partial charge in [0.2, 0.25) is 0 Å². The second-order valence-corrected chi connectivity index (χ2v) is 5.98. The van der Waals surface area contributed by atoms with Gasteiger partial charge in [-0.3, -0.25) is 4.40 Å². The number of hydrogen-bond donors (Lipinski definition) is 2. The molecule has 1 aliphatic rings. The summed E-state index contributed by atoms with van der Waals surface area (Å²) in [4.78, 5) is 8.26. The molecule has 0 amide bonds. The fourth-order valence-corrected chi connectivity index (χ4v) is 3.00. The number of rotatable bonds is 3. The zero-order valence-corrected chi connectivity index (χ0v) is 13.2. The SMILES string of the molecule is Fc1cc(F)c(-c2cnc3ccccn23)nc1N[C@@H]1CNCC[C@H]1F. The van der Waals surface area contributed by atoms with Crippen molar-refractivity contribution in [2.45, 2.75) is 18.6 Å². The molecule has 0 spiro atoms. The van der Waals surface area contributed by atoms with Gasteiger partial charge >= 0.3 is 0 Å². The van der Waals surface area contributed by atoms with Gasteiger partial charge < -0.3 is 10.6 Å². The molecule has 2 N–H and O–H groups in total. The van der Waals surface area contributed by atoms with E-state index in [0.29, 0.717) is 30.9 Å². The van der Waals surface area contributed by atoms with E-state index in [0.717, 1.165) is 6.07 Å². The van der Waals surface area contributed by atoms with Crippen LogP contribution in [0.25, 0.3) is 17.0 Å². The third kappa shape index (κ3) is 2.93. The molecule has 8 heteroatoms. The van der Waals surface area contributed by atoms with Gasteiger partial charge in [-0.25, -0.2) is 23.1 Å². The minimum Gasteiger partial charge on any atom is -0.361 e. The lowest BCUT2D eigenvalue weighted by molar-refractivity contribution is 0.240. The lowest BCUT2D eigenvalue weighted by atomic mass is 10.1. The summed E-state index contributed by atoms with van der Waals surface area (Å²) in [6, 6.07) is 5.50. The molecule has 0 bridgehead atoms. The molecule has 1 aliphatic heterocycles. The minimum absolute atomic E-state index is 0.0400. The van der Waals surface area contributed by atoms with Crippen LogP contribution in [-0.2, 0) is 0 Å².